The first-order valence-electron chi connectivity index (χ1n) is 12.5. The topological polar surface area (TPSA) is 61.9 Å². The number of ether oxygens (including phenoxy) is 1. The van der Waals surface area contributed by atoms with Crippen LogP contribution in [0.1, 0.15) is 52.0 Å². The number of nitrogens with one attached hydrogen (secondary N) is 1. The summed E-state index contributed by atoms with van der Waals surface area (Å²) in [5.41, 5.74) is 1.04. The number of likely N-dealkylation sites (tertiary alicyclic amines) is 1. The predicted octanol–water partition coefficient (Wildman–Crippen LogP) is 4.40. The first-order valence-corrected chi connectivity index (χ1v) is 12.5. The van der Waals surface area contributed by atoms with Crippen molar-refractivity contribution < 1.29 is 18.7 Å². The number of halogens is 1. The van der Waals surface area contributed by atoms with Crippen LogP contribution in [0.15, 0.2) is 35.9 Å². The molecule has 1 N–H and O–H groups in total. The summed E-state index contributed by atoms with van der Waals surface area (Å²) in [5.74, 6) is 0.0488. The van der Waals surface area contributed by atoms with Crippen LogP contribution in [0, 0.1) is 17.7 Å². The number of hydrogen-bond donors (Lipinski definition) is 1. The molecule has 0 aliphatic carbocycles. The Kier molecular flexibility index (Phi) is 9.25. The molecule has 1 aromatic rings. The van der Waals surface area contributed by atoms with E-state index in [0.29, 0.717) is 12.3 Å². The van der Waals surface area contributed by atoms with Gasteiger partial charge in [-0.1, -0.05) is 30.7 Å². The molecule has 2 aliphatic rings. The van der Waals surface area contributed by atoms with E-state index in [2.05, 4.69) is 37.1 Å². The van der Waals surface area contributed by atoms with E-state index in [4.69, 9.17) is 4.74 Å². The molecule has 0 bridgehead atoms. The molecule has 0 unspecified atom stereocenters. The van der Waals surface area contributed by atoms with Crippen LogP contribution in [-0.2, 0) is 16.0 Å². The van der Waals surface area contributed by atoms with Gasteiger partial charge in [-0.15, -0.1) is 0 Å². The van der Waals surface area contributed by atoms with Gasteiger partial charge in [0.15, 0.2) is 0 Å². The quantitative estimate of drug-likeness (QED) is 0.382. The number of carbonyl (C=O) groups is 2. The highest BCUT2D eigenvalue weighted by atomic mass is 19.1. The minimum atomic E-state index is -1.04. The number of imide groups is 1. The number of carbonyl (C=O) groups excluding carboxylic acids is 2. The summed E-state index contributed by atoms with van der Waals surface area (Å²) >= 11 is 0. The Morgan fingerprint density at radius 1 is 1.29 bits per heavy atom. The lowest BCUT2D eigenvalue weighted by Crippen LogP contribution is -2.57. The second-order valence-corrected chi connectivity index (χ2v) is 10.2. The summed E-state index contributed by atoms with van der Waals surface area (Å²) in [6.07, 6.45) is 6.50. The molecule has 2 saturated heterocycles. The van der Waals surface area contributed by atoms with Gasteiger partial charge in [0.2, 0.25) is 0 Å². The smallest absolute Gasteiger partial charge is 0.325 e. The van der Waals surface area contributed by atoms with Gasteiger partial charge in [0.05, 0.1) is 13.2 Å². The van der Waals surface area contributed by atoms with Gasteiger partial charge in [-0.3, -0.25) is 9.69 Å². The molecule has 3 rings (SSSR count). The maximum absolute atomic E-state index is 13.9. The second kappa shape index (κ2) is 11.9. The molecule has 0 spiro atoms. The fourth-order valence-corrected chi connectivity index (χ4v) is 5.34. The lowest BCUT2D eigenvalue weighted by atomic mass is 9.73. The third kappa shape index (κ3) is 6.45. The predicted molar refractivity (Wildman–Crippen MR) is 132 cm³/mol. The third-order valence-corrected chi connectivity index (χ3v) is 7.16. The van der Waals surface area contributed by atoms with Gasteiger partial charge in [-0.25, -0.2) is 9.18 Å². The van der Waals surface area contributed by atoms with Crippen molar-refractivity contribution in [2.24, 2.45) is 11.8 Å². The van der Waals surface area contributed by atoms with Gasteiger partial charge in [0, 0.05) is 20.1 Å². The Labute approximate surface area is 203 Å². The van der Waals surface area contributed by atoms with Crippen LogP contribution in [0.3, 0.4) is 0 Å². The zero-order valence-electron chi connectivity index (χ0n) is 21.1. The zero-order chi connectivity index (χ0) is 24.7. The lowest BCUT2D eigenvalue weighted by molar-refractivity contribution is -0.134. The van der Waals surface area contributed by atoms with Crippen LogP contribution < -0.4 is 5.32 Å². The average molecular weight is 474 g/mol. The van der Waals surface area contributed by atoms with E-state index in [0.717, 1.165) is 50.9 Å². The molecule has 0 radical (unpaired) electrons. The van der Waals surface area contributed by atoms with Crippen molar-refractivity contribution in [2.75, 3.05) is 39.9 Å². The van der Waals surface area contributed by atoms with Crippen molar-refractivity contribution in [2.45, 2.75) is 58.4 Å². The van der Waals surface area contributed by atoms with Gasteiger partial charge >= 0.3 is 6.03 Å². The Morgan fingerprint density at radius 2 is 2.03 bits per heavy atom. The fraction of sp³-hybridized carbons (Fsp3) is 0.630. The lowest BCUT2D eigenvalue weighted by Gasteiger charge is -2.41. The first kappa shape index (κ1) is 26.4. The van der Waals surface area contributed by atoms with Crippen molar-refractivity contribution in [3.05, 3.63) is 47.3 Å². The van der Waals surface area contributed by atoms with Gasteiger partial charge in [0.1, 0.15) is 11.4 Å². The highest BCUT2D eigenvalue weighted by molar-refractivity contribution is 6.07. The van der Waals surface area contributed by atoms with Crippen molar-refractivity contribution in [3.63, 3.8) is 0 Å². The van der Waals surface area contributed by atoms with Gasteiger partial charge in [0.25, 0.3) is 5.91 Å². The summed E-state index contributed by atoms with van der Waals surface area (Å²) in [6.45, 7) is 9.90. The summed E-state index contributed by atoms with van der Waals surface area (Å²) < 4.78 is 19.0. The second-order valence-electron chi connectivity index (χ2n) is 10.2. The van der Waals surface area contributed by atoms with Crippen LogP contribution in [0.2, 0.25) is 0 Å². The average Bonchev–Trinajstić information content (AvgIpc) is 3.02. The molecule has 2 atom stereocenters. The fourth-order valence-electron chi connectivity index (χ4n) is 5.34. The number of rotatable bonds is 11. The van der Waals surface area contributed by atoms with E-state index in [1.54, 1.807) is 13.2 Å². The standard InChI is InChI=1S/C27H40FN3O3/c1-20(2)7-5-8-21(3)19-30-13-11-23(12-14-30)27(18-22-9-6-10-24(28)17-22)25(32)31(15-16-34-4)26(33)29-27/h6-7,9-10,17,21,23H,5,8,11-16,18-19H2,1-4H3,(H,29,33)/t21-,27-/m0/s1. The molecule has 0 saturated carbocycles. The number of nitrogens with zero attached hydrogens (tertiary/aromatic N) is 2. The van der Waals surface area contributed by atoms with Crippen LogP contribution in [-0.4, -0.2) is 67.2 Å². The maximum atomic E-state index is 13.9. The summed E-state index contributed by atoms with van der Waals surface area (Å²) in [4.78, 5) is 30.2. The maximum Gasteiger partial charge on any atom is 0.325 e. The monoisotopic (exact) mass is 473 g/mol. The van der Waals surface area contributed by atoms with E-state index in [-0.39, 0.29) is 36.8 Å². The number of piperidine rings is 1. The number of benzene rings is 1. The van der Waals surface area contributed by atoms with Crippen molar-refractivity contribution >= 4 is 11.9 Å². The molecule has 2 heterocycles. The van der Waals surface area contributed by atoms with E-state index >= 15 is 0 Å². The number of urea groups is 1. The largest absolute Gasteiger partial charge is 0.383 e. The zero-order valence-corrected chi connectivity index (χ0v) is 21.1. The molecule has 2 fully saturated rings. The Morgan fingerprint density at radius 3 is 2.68 bits per heavy atom. The molecular weight excluding hydrogens is 433 g/mol. The van der Waals surface area contributed by atoms with Crippen LogP contribution in [0.4, 0.5) is 9.18 Å². The molecule has 3 amide bonds. The molecule has 6 nitrogen and oxygen atoms in total. The van der Waals surface area contributed by atoms with Crippen LogP contribution >= 0.6 is 0 Å². The Hall–Kier alpha value is -2.25. The number of hydrogen-bond acceptors (Lipinski definition) is 4. The molecule has 188 valence electrons. The minimum absolute atomic E-state index is 0.00278. The summed E-state index contributed by atoms with van der Waals surface area (Å²) in [7, 11) is 1.55. The Balaban J connectivity index is 1.71. The molecule has 1 aromatic carbocycles. The highest BCUT2D eigenvalue weighted by Crippen LogP contribution is 2.37. The van der Waals surface area contributed by atoms with Crippen LogP contribution in [0.25, 0.3) is 0 Å². The van der Waals surface area contributed by atoms with Crippen molar-refractivity contribution in [1.82, 2.24) is 15.1 Å². The SMILES string of the molecule is COCCN1C(=O)N[C@@](Cc2cccc(F)c2)(C2CCN(C[C@@H](C)CCC=C(C)C)CC2)C1=O. The molecule has 34 heavy (non-hydrogen) atoms. The highest BCUT2D eigenvalue weighted by Gasteiger charge is 2.55. The van der Waals surface area contributed by atoms with Crippen LogP contribution in [0.5, 0.6) is 0 Å². The number of methoxy groups -OCH3 is 1. The Bertz CT molecular complexity index is 878. The number of allylic oxidation sites excluding steroid dienone is 2. The summed E-state index contributed by atoms with van der Waals surface area (Å²) in [5, 5.41) is 3.04. The first-order chi connectivity index (χ1) is 16.2. The number of amides is 3. The van der Waals surface area contributed by atoms with Crippen molar-refractivity contribution in [3.8, 4) is 0 Å². The molecular formula is C27H40FN3O3. The van der Waals surface area contributed by atoms with E-state index in [9.17, 15) is 14.0 Å². The normalized spacial score (nSPS) is 22.7. The third-order valence-electron chi connectivity index (χ3n) is 7.16. The van der Waals surface area contributed by atoms with Gasteiger partial charge in [-0.2, -0.15) is 0 Å². The van der Waals surface area contributed by atoms with E-state index in [1.165, 1.54) is 22.6 Å². The van der Waals surface area contributed by atoms with E-state index < -0.39 is 5.54 Å². The van der Waals surface area contributed by atoms with Crippen molar-refractivity contribution in [1.29, 1.82) is 0 Å². The minimum Gasteiger partial charge on any atom is -0.383 e. The molecule has 2 aliphatic heterocycles. The molecule has 7 heteroatoms. The van der Waals surface area contributed by atoms with E-state index in [1.807, 2.05) is 6.07 Å². The van der Waals surface area contributed by atoms with Gasteiger partial charge in [-0.05, 0) is 82.2 Å². The summed E-state index contributed by atoms with van der Waals surface area (Å²) in [6, 6.07) is 5.96. The molecule has 0 aromatic heterocycles. The van der Waals surface area contributed by atoms with Gasteiger partial charge < -0.3 is 15.0 Å².